The van der Waals surface area contributed by atoms with Gasteiger partial charge in [0.25, 0.3) is 0 Å². The Kier molecular flexibility index (Phi) is 1.42. The van der Waals surface area contributed by atoms with Crippen molar-refractivity contribution in [3.63, 3.8) is 0 Å². The van der Waals surface area contributed by atoms with Crippen LogP contribution in [0.4, 0.5) is 0 Å². The fraction of sp³-hybridized carbons (Fsp3) is 0.200. The first-order chi connectivity index (χ1) is 5.40. The Morgan fingerprint density at radius 1 is 1.45 bits per heavy atom. The van der Waals surface area contributed by atoms with Crippen molar-refractivity contribution in [2.24, 2.45) is 0 Å². The van der Waals surface area contributed by atoms with Gasteiger partial charge in [-0.3, -0.25) is 0 Å². The van der Waals surface area contributed by atoms with Crippen molar-refractivity contribution in [1.29, 1.82) is 0 Å². The third-order valence-corrected chi connectivity index (χ3v) is 1.87. The molecule has 0 aliphatic carbocycles. The van der Waals surface area contributed by atoms with E-state index in [0.29, 0.717) is 0 Å². The lowest BCUT2D eigenvalue weighted by Crippen LogP contribution is -1.76. The molecule has 0 aliphatic heterocycles. The standard InChI is InChI=1S/C10H9O/c1-2-8-3-4-10-9(7-8)5-6-11-10/h3-5,7H,2H2,1H3. The van der Waals surface area contributed by atoms with Crippen LogP contribution in [0, 0.1) is 6.26 Å². The Morgan fingerprint density at radius 3 is 3.18 bits per heavy atom. The van der Waals surface area contributed by atoms with E-state index < -0.39 is 0 Å². The summed E-state index contributed by atoms with van der Waals surface area (Å²) in [4.78, 5) is 0. The molecule has 0 fully saturated rings. The zero-order valence-corrected chi connectivity index (χ0v) is 6.42. The van der Waals surface area contributed by atoms with E-state index in [9.17, 15) is 0 Å². The van der Waals surface area contributed by atoms with Crippen LogP contribution in [0.2, 0.25) is 0 Å². The number of fused-ring (bicyclic) bond motifs is 1. The van der Waals surface area contributed by atoms with Crippen LogP contribution in [0.15, 0.2) is 28.7 Å². The second-order valence-corrected chi connectivity index (χ2v) is 2.59. The van der Waals surface area contributed by atoms with Crippen LogP contribution in [0.3, 0.4) is 0 Å². The van der Waals surface area contributed by atoms with Crippen LogP contribution < -0.4 is 0 Å². The van der Waals surface area contributed by atoms with Gasteiger partial charge in [0, 0.05) is 5.39 Å². The van der Waals surface area contributed by atoms with Gasteiger partial charge in [-0.25, -0.2) is 0 Å². The highest BCUT2D eigenvalue weighted by Gasteiger charge is 1.96. The Balaban J connectivity index is 2.67. The van der Waals surface area contributed by atoms with Crippen LogP contribution in [0.25, 0.3) is 11.0 Å². The molecule has 1 aromatic carbocycles. The molecule has 2 rings (SSSR count). The van der Waals surface area contributed by atoms with Gasteiger partial charge >= 0.3 is 0 Å². The van der Waals surface area contributed by atoms with Gasteiger partial charge in [-0.15, -0.1) is 0 Å². The molecule has 0 amide bonds. The zero-order chi connectivity index (χ0) is 7.68. The minimum Gasteiger partial charge on any atom is -0.453 e. The molecule has 0 spiro atoms. The minimum atomic E-state index is 0.919. The largest absolute Gasteiger partial charge is 0.453 e. The minimum absolute atomic E-state index is 0.919. The zero-order valence-electron chi connectivity index (χ0n) is 6.42. The monoisotopic (exact) mass is 145 g/mol. The first-order valence-corrected chi connectivity index (χ1v) is 3.78. The SMILES string of the molecule is CCc1ccc2o[c]cc2c1. The second-order valence-electron chi connectivity index (χ2n) is 2.59. The molecule has 1 aromatic heterocycles. The lowest BCUT2D eigenvalue weighted by Gasteiger charge is -1.93. The Hall–Kier alpha value is -1.24. The summed E-state index contributed by atoms with van der Waals surface area (Å²) in [6, 6.07) is 8.08. The smallest absolute Gasteiger partial charge is 0.170 e. The van der Waals surface area contributed by atoms with E-state index in [1.165, 1.54) is 5.56 Å². The fourth-order valence-corrected chi connectivity index (χ4v) is 1.18. The highest BCUT2D eigenvalue weighted by molar-refractivity contribution is 5.77. The summed E-state index contributed by atoms with van der Waals surface area (Å²) < 4.78 is 5.09. The summed E-state index contributed by atoms with van der Waals surface area (Å²) in [6.07, 6.45) is 3.78. The summed E-state index contributed by atoms with van der Waals surface area (Å²) in [5.74, 6) is 0. The van der Waals surface area contributed by atoms with Gasteiger partial charge in [0.1, 0.15) is 5.58 Å². The molecule has 1 nitrogen and oxygen atoms in total. The summed E-state index contributed by atoms with van der Waals surface area (Å²) in [5.41, 5.74) is 2.26. The molecule has 11 heavy (non-hydrogen) atoms. The summed E-state index contributed by atoms with van der Waals surface area (Å²) in [6.45, 7) is 2.14. The number of hydrogen-bond acceptors (Lipinski definition) is 1. The average molecular weight is 145 g/mol. The van der Waals surface area contributed by atoms with E-state index in [0.717, 1.165) is 17.4 Å². The molecule has 55 valence electrons. The summed E-state index contributed by atoms with van der Waals surface area (Å²) >= 11 is 0. The molecule has 0 bridgehead atoms. The molecule has 0 saturated carbocycles. The van der Waals surface area contributed by atoms with Gasteiger partial charge in [0.05, 0.1) is 0 Å². The number of rotatable bonds is 1. The molecule has 0 N–H and O–H groups in total. The van der Waals surface area contributed by atoms with Crippen LogP contribution in [-0.2, 0) is 6.42 Å². The molecule has 0 atom stereocenters. The van der Waals surface area contributed by atoms with Crippen molar-refractivity contribution in [2.75, 3.05) is 0 Å². The van der Waals surface area contributed by atoms with Crippen LogP contribution in [-0.4, -0.2) is 0 Å². The number of furan rings is 1. The van der Waals surface area contributed by atoms with Crippen molar-refractivity contribution in [3.8, 4) is 0 Å². The van der Waals surface area contributed by atoms with E-state index in [1.54, 1.807) is 0 Å². The van der Waals surface area contributed by atoms with Crippen molar-refractivity contribution in [3.05, 3.63) is 36.1 Å². The maximum Gasteiger partial charge on any atom is 0.170 e. The molecule has 1 heterocycles. The highest BCUT2D eigenvalue weighted by Crippen LogP contribution is 2.16. The highest BCUT2D eigenvalue weighted by atomic mass is 16.3. The lowest BCUT2D eigenvalue weighted by atomic mass is 10.1. The molecular weight excluding hydrogens is 136 g/mol. The van der Waals surface area contributed by atoms with Crippen LogP contribution in [0.1, 0.15) is 12.5 Å². The lowest BCUT2D eigenvalue weighted by molar-refractivity contribution is 0.606. The average Bonchev–Trinajstić information content (AvgIpc) is 2.50. The van der Waals surface area contributed by atoms with Crippen molar-refractivity contribution in [1.82, 2.24) is 0 Å². The first kappa shape index (κ1) is 6.47. The third kappa shape index (κ3) is 1.03. The van der Waals surface area contributed by atoms with Gasteiger partial charge in [0.2, 0.25) is 0 Å². The second kappa shape index (κ2) is 2.42. The maximum absolute atomic E-state index is 5.09. The van der Waals surface area contributed by atoms with Crippen molar-refractivity contribution in [2.45, 2.75) is 13.3 Å². The maximum atomic E-state index is 5.09. The molecule has 0 saturated heterocycles. The quantitative estimate of drug-likeness (QED) is 0.601. The molecule has 0 aliphatic rings. The molecule has 0 unspecified atom stereocenters. The van der Waals surface area contributed by atoms with Crippen molar-refractivity contribution < 1.29 is 4.42 Å². The number of aryl methyl sites for hydroxylation is 1. The predicted molar refractivity (Wildman–Crippen MR) is 44.4 cm³/mol. The van der Waals surface area contributed by atoms with E-state index >= 15 is 0 Å². The van der Waals surface area contributed by atoms with Crippen LogP contribution >= 0.6 is 0 Å². The first-order valence-electron chi connectivity index (χ1n) is 3.78. The van der Waals surface area contributed by atoms with Gasteiger partial charge < -0.3 is 4.42 Å². The summed E-state index contributed by atoms with van der Waals surface area (Å²) in [7, 11) is 0. The van der Waals surface area contributed by atoms with Crippen LogP contribution in [0.5, 0.6) is 0 Å². The Morgan fingerprint density at radius 2 is 2.36 bits per heavy atom. The molecule has 1 heteroatoms. The van der Waals surface area contributed by atoms with E-state index in [4.69, 9.17) is 4.42 Å². The third-order valence-electron chi connectivity index (χ3n) is 1.87. The van der Waals surface area contributed by atoms with E-state index in [1.807, 2.05) is 12.1 Å². The van der Waals surface area contributed by atoms with E-state index in [-0.39, 0.29) is 0 Å². The van der Waals surface area contributed by atoms with Crippen molar-refractivity contribution >= 4 is 11.0 Å². The number of hydrogen-bond donors (Lipinski definition) is 0. The predicted octanol–water partition coefficient (Wildman–Crippen LogP) is 2.80. The Labute approximate surface area is 65.6 Å². The van der Waals surface area contributed by atoms with Gasteiger partial charge in [-0.05, 0) is 30.2 Å². The van der Waals surface area contributed by atoms with Gasteiger partial charge in [0.15, 0.2) is 6.26 Å². The normalized spacial score (nSPS) is 10.6. The van der Waals surface area contributed by atoms with E-state index in [2.05, 4.69) is 25.3 Å². The van der Waals surface area contributed by atoms with Gasteiger partial charge in [-0.2, -0.15) is 0 Å². The summed E-state index contributed by atoms with van der Waals surface area (Å²) in [5, 5.41) is 1.14. The molecule has 2 aromatic rings. The topological polar surface area (TPSA) is 13.1 Å². The Bertz CT molecular complexity index is 360. The van der Waals surface area contributed by atoms with Gasteiger partial charge in [-0.1, -0.05) is 13.0 Å². The molecule has 1 radical (unpaired) electrons. The molecular formula is C10H9O. The fourth-order valence-electron chi connectivity index (χ4n) is 1.18. The number of benzene rings is 1.